The summed E-state index contributed by atoms with van der Waals surface area (Å²) in [6, 6.07) is 9.90. The predicted molar refractivity (Wildman–Crippen MR) is 81.4 cm³/mol. The zero-order chi connectivity index (χ0) is 16.6. The molecule has 0 amide bonds. The van der Waals surface area contributed by atoms with E-state index in [1.54, 1.807) is 12.1 Å². The Kier molecular flexibility index (Phi) is 3.74. The van der Waals surface area contributed by atoms with Crippen molar-refractivity contribution in [3.05, 3.63) is 68.6 Å². The van der Waals surface area contributed by atoms with E-state index in [1.807, 2.05) is 0 Å². The highest BCUT2D eigenvalue weighted by atomic mass is 32.2. The van der Waals surface area contributed by atoms with E-state index in [0.29, 0.717) is 5.69 Å². The molecule has 0 aliphatic carbocycles. The molecule has 0 spiro atoms. The number of fused-ring (bicyclic) bond motifs is 1. The quantitative estimate of drug-likeness (QED) is 0.614. The molecule has 0 radical (unpaired) electrons. The number of rotatable bonds is 3. The van der Waals surface area contributed by atoms with Gasteiger partial charge in [-0.05, 0) is 12.1 Å². The summed E-state index contributed by atoms with van der Waals surface area (Å²) in [5.41, 5.74) is -0.0836. The number of nitro groups is 1. The Bertz CT molecular complexity index is 935. The molecule has 0 saturated carbocycles. The third-order valence-corrected chi connectivity index (χ3v) is 5.62. The minimum Gasteiger partial charge on any atom is -0.310 e. The molecular formula is C14H13N3O5S. The summed E-state index contributed by atoms with van der Waals surface area (Å²) >= 11 is 0. The van der Waals surface area contributed by atoms with Crippen LogP contribution in [0.4, 0.5) is 5.69 Å². The molecule has 3 rings (SSSR count). The SMILES string of the molecule is O=c1cccc2n1CCN(S(=O)(=O)c1ccccc1[N+](=O)[O-])C2. The fraction of sp³-hybridized carbons (Fsp3) is 0.214. The Morgan fingerprint density at radius 3 is 2.52 bits per heavy atom. The Morgan fingerprint density at radius 1 is 1.04 bits per heavy atom. The monoisotopic (exact) mass is 335 g/mol. The van der Waals surface area contributed by atoms with Crippen LogP contribution in [0.3, 0.4) is 0 Å². The van der Waals surface area contributed by atoms with Crippen molar-refractivity contribution >= 4 is 15.7 Å². The van der Waals surface area contributed by atoms with Crippen molar-refractivity contribution in [1.29, 1.82) is 0 Å². The van der Waals surface area contributed by atoms with Gasteiger partial charge in [0, 0.05) is 30.9 Å². The van der Waals surface area contributed by atoms with Crippen LogP contribution in [0.1, 0.15) is 5.69 Å². The lowest BCUT2D eigenvalue weighted by molar-refractivity contribution is -0.387. The van der Waals surface area contributed by atoms with Gasteiger partial charge in [0.05, 0.1) is 11.5 Å². The molecule has 1 aliphatic rings. The van der Waals surface area contributed by atoms with Crippen LogP contribution < -0.4 is 5.56 Å². The largest absolute Gasteiger partial charge is 0.310 e. The molecule has 0 saturated heterocycles. The fourth-order valence-corrected chi connectivity index (χ4v) is 4.16. The number of nitrogens with zero attached hydrogens (tertiary/aromatic N) is 3. The molecule has 0 bridgehead atoms. The number of hydrogen-bond donors (Lipinski definition) is 0. The molecule has 2 aromatic rings. The minimum absolute atomic E-state index is 0.00443. The van der Waals surface area contributed by atoms with Crippen LogP contribution in [0.2, 0.25) is 0 Å². The standard InChI is InChI=1S/C14H13N3O5S/c18-14-7-3-4-11-10-15(8-9-16(11)14)23(21,22)13-6-2-1-5-12(13)17(19)20/h1-7H,8-10H2. The van der Waals surface area contributed by atoms with Crippen molar-refractivity contribution < 1.29 is 13.3 Å². The maximum absolute atomic E-state index is 12.7. The number of para-hydroxylation sites is 1. The summed E-state index contributed by atoms with van der Waals surface area (Å²) in [5.74, 6) is 0. The van der Waals surface area contributed by atoms with Crippen molar-refractivity contribution in [1.82, 2.24) is 8.87 Å². The first-order valence-corrected chi connectivity index (χ1v) is 8.27. The van der Waals surface area contributed by atoms with Gasteiger partial charge in [0.15, 0.2) is 4.90 Å². The van der Waals surface area contributed by atoms with Gasteiger partial charge in [-0.15, -0.1) is 0 Å². The van der Waals surface area contributed by atoms with Gasteiger partial charge in [-0.3, -0.25) is 14.9 Å². The highest BCUT2D eigenvalue weighted by Crippen LogP contribution is 2.28. The first-order chi connectivity index (χ1) is 10.9. The molecule has 1 aliphatic heterocycles. The lowest BCUT2D eigenvalue weighted by Crippen LogP contribution is -2.41. The predicted octanol–water partition coefficient (Wildman–Crippen LogP) is 0.961. The second-order valence-electron chi connectivity index (χ2n) is 5.07. The van der Waals surface area contributed by atoms with Crippen LogP contribution in [0.15, 0.2) is 52.2 Å². The molecule has 0 fully saturated rings. The molecule has 2 heterocycles. The number of nitro benzene ring substituents is 1. The molecule has 1 aromatic heterocycles. The second-order valence-corrected chi connectivity index (χ2v) is 6.98. The highest BCUT2D eigenvalue weighted by molar-refractivity contribution is 7.89. The maximum atomic E-state index is 12.7. The van der Waals surface area contributed by atoms with Gasteiger partial charge in [-0.2, -0.15) is 4.31 Å². The first kappa shape index (κ1) is 15.4. The summed E-state index contributed by atoms with van der Waals surface area (Å²) in [6.45, 7) is 0.310. The summed E-state index contributed by atoms with van der Waals surface area (Å²) in [7, 11) is -4.02. The summed E-state index contributed by atoms with van der Waals surface area (Å²) in [5, 5.41) is 11.1. The summed E-state index contributed by atoms with van der Waals surface area (Å²) in [6.07, 6.45) is 0. The van der Waals surface area contributed by atoms with Gasteiger partial charge >= 0.3 is 0 Å². The van der Waals surface area contributed by atoms with E-state index < -0.39 is 20.6 Å². The van der Waals surface area contributed by atoms with Crippen LogP contribution in [0.25, 0.3) is 0 Å². The third-order valence-electron chi connectivity index (χ3n) is 3.73. The van der Waals surface area contributed by atoms with E-state index in [1.165, 1.54) is 28.8 Å². The second kappa shape index (κ2) is 5.60. The number of sulfonamides is 1. The number of hydrogen-bond acceptors (Lipinski definition) is 5. The van der Waals surface area contributed by atoms with Gasteiger partial charge in [0.1, 0.15) is 0 Å². The van der Waals surface area contributed by atoms with Gasteiger partial charge in [-0.1, -0.05) is 18.2 Å². The van der Waals surface area contributed by atoms with Crippen LogP contribution >= 0.6 is 0 Å². The molecule has 120 valence electrons. The van der Waals surface area contributed by atoms with Gasteiger partial charge in [-0.25, -0.2) is 8.42 Å². The van der Waals surface area contributed by atoms with Crippen LogP contribution in [-0.2, 0) is 23.1 Å². The van der Waals surface area contributed by atoms with E-state index >= 15 is 0 Å². The van der Waals surface area contributed by atoms with Gasteiger partial charge in [0.2, 0.25) is 10.0 Å². The van der Waals surface area contributed by atoms with Crippen molar-refractivity contribution in [3.8, 4) is 0 Å². The average Bonchev–Trinajstić information content (AvgIpc) is 2.54. The van der Waals surface area contributed by atoms with E-state index in [2.05, 4.69) is 0 Å². The van der Waals surface area contributed by atoms with Crippen LogP contribution in [0, 0.1) is 10.1 Å². The minimum atomic E-state index is -4.02. The van der Waals surface area contributed by atoms with E-state index in [4.69, 9.17) is 0 Å². The molecule has 8 nitrogen and oxygen atoms in total. The van der Waals surface area contributed by atoms with Gasteiger partial charge < -0.3 is 4.57 Å². The van der Waals surface area contributed by atoms with Crippen LogP contribution in [0.5, 0.6) is 0 Å². The summed E-state index contributed by atoms with van der Waals surface area (Å²) < 4.78 is 28.1. The Morgan fingerprint density at radius 2 is 1.78 bits per heavy atom. The topological polar surface area (TPSA) is 103 Å². The number of benzene rings is 1. The van der Waals surface area contributed by atoms with E-state index in [0.717, 1.165) is 10.4 Å². The molecule has 0 N–H and O–H groups in total. The first-order valence-electron chi connectivity index (χ1n) is 6.83. The summed E-state index contributed by atoms with van der Waals surface area (Å²) in [4.78, 5) is 21.8. The molecule has 0 unspecified atom stereocenters. The number of pyridine rings is 1. The molecule has 23 heavy (non-hydrogen) atoms. The lowest BCUT2D eigenvalue weighted by Gasteiger charge is -2.28. The van der Waals surface area contributed by atoms with Crippen molar-refractivity contribution in [2.45, 2.75) is 18.0 Å². The Balaban J connectivity index is 2.03. The van der Waals surface area contributed by atoms with E-state index in [9.17, 15) is 23.3 Å². The zero-order valence-electron chi connectivity index (χ0n) is 12.0. The van der Waals surface area contributed by atoms with Crippen molar-refractivity contribution in [2.75, 3.05) is 6.54 Å². The molecule has 1 aromatic carbocycles. The lowest BCUT2D eigenvalue weighted by atomic mass is 10.3. The zero-order valence-corrected chi connectivity index (χ0v) is 12.8. The smallest absolute Gasteiger partial charge is 0.289 e. The van der Waals surface area contributed by atoms with Crippen molar-refractivity contribution in [2.24, 2.45) is 0 Å². The number of aromatic nitrogens is 1. The van der Waals surface area contributed by atoms with Crippen LogP contribution in [-0.4, -0.2) is 28.8 Å². The molecular weight excluding hydrogens is 322 g/mol. The average molecular weight is 335 g/mol. The Labute approximate surface area is 131 Å². The van der Waals surface area contributed by atoms with Gasteiger partial charge in [0.25, 0.3) is 11.2 Å². The van der Waals surface area contributed by atoms with E-state index in [-0.39, 0.29) is 30.1 Å². The Hall–Kier alpha value is -2.52. The third kappa shape index (κ3) is 2.64. The van der Waals surface area contributed by atoms with Crippen molar-refractivity contribution in [3.63, 3.8) is 0 Å². The molecule has 0 atom stereocenters. The maximum Gasteiger partial charge on any atom is 0.289 e. The fourth-order valence-electron chi connectivity index (χ4n) is 2.60. The highest BCUT2D eigenvalue weighted by Gasteiger charge is 2.33. The molecule has 9 heteroatoms. The normalized spacial score (nSPS) is 15.1.